The summed E-state index contributed by atoms with van der Waals surface area (Å²) in [6, 6.07) is 0.302. The molecule has 0 bridgehead atoms. The lowest BCUT2D eigenvalue weighted by molar-refractivity contribution is -0.127. The van der Waals surface area contributed by atoms with Gasteiger partial charge in [0, 0.05) is 19.1 Å². The van der Waals surface area contributed by atoms with Crippen LogP contribution in [0.25, 0.3) is 0 Å². The molecular formula is C20H38N2O2. The molecule has 1 aliphatic heterocycles. The monoisotopic (exact) mass is 338 g/mol. The third-order valence-corrected chi connectivity index (χ3v) is 5.55. The van der Waals surface area contributed by atoms with Gasteiger partial charge in [-0.25, -0.2) is 0 Å². The number of carbonyl (C=O) groups excluding carboxylic acids is 1. The normalized spacial score (nSPS) is 25.2. The molecule has 0 aromatic carbocycles. The highest BCUT2D eigenvalue weighted by Gasteiger charge is 2.26. The number of piperidine rings is 1. The van der Waals surface area contributed by atoms with Crippen LogP contribution < -0.4 is 5.32 Å². The molecule has 0 aromatic rings. The average molecular weight is 339 g/mol. The standard InChI is InChI=1S/C20H38N2O2/c1-3-9-17(2)21-20(23)18-10-8-13-22(16-18)14-15-24-19-11-6-4-5-7-12-19/h17-19H,3-16H2,1-2H3,(H,21,23). The topological polar surface area (TPSA) is 41.6 Å². The van der Waals surface area contributed by atoms with Crippen LogP contribution in [0.15, 0.2) is 0 Å². The second-order valence-corrected chi connectivity index (χ2v) is 7.82. The molecule has 140 valence electrons. The van der Waals surface area contributed by atoms with Gasteiger partial charge in [-0.15, -0.1) is 0 Å². The lowest BCUT2D eigenvalue weighted by Crippen LogP contribution is -2.46. The summed E-state index contributed by atoms with van der Waals surface area (Å²) in [7, 11) is 0. The Morgan fingerprint density at radius 1 is 1.17 bits per heavy atom. The van der Waals surface area contributed by atoms with Crippen molar-refractivity contribution in [3.05, 3.63) is 0 Å². The fourth-order valence-electron chi connectivity index (χ4n) is 4.10. The van der Waals surface area contributed by atoms with Crippen LogP contribution in [-0.2, 0) is 9.53 Å². The Bertz CT molecular complexity index is 354. The van der Waals surface area contributed by atoms with Crippen molar-refractivity contribution in [3.8, 4) is 0 Å². The zero-order chi connectivity index (χ0) is 17.2. The molecule has 0 radical (unpaired) electrons. The summed E-state index contributed by atoms with van der Waals surface area (Å²) in [4.78, 5) is 14.8. The fourth-order valence-corrected chi connectivity index (χ4v) is 4.10. The molecule has 0 aromatic heterocycles. The van der Waals surface area contributed by atoms with E-state index >= 15 is 0 Å². The van der Waals surface area contributed by atoms with E-state index in [9.17, 15) is 4.79 Å². The summed E-state index contributed by atoms with van der Waals surface area (Å²) < 4.78 is 6.12. The van der Waals surface area contributed by atoms with Gasteiger partial charge in [0.25, 0.3) is 0 Å². The molecule has 1 aliphatic carbocycles. The van der Waals surface area contributed by atoms with E-state index in [0.29, 0.717) is 12.1 Å². The van der Waals surface area contributed by atoms with Gasteiger partial charge in [-0.1, -0.05) is 39.0 Å². The lowest BCUT2D eigenvalue weighted by atomic mass is 9.96. The van der Waals surface area contributed by atoms with Crippen molar-refractivity contribution in [1.29, 1.82) is 0 Å². The summed E-state index contributed by atoms with van der Waals surface area (Å²) >= 11 is 0. The van der Waals surface area contributed by atoms with Gasteiger partial charge in [-0.3, -0.25) is 4.79 Å². The molecule has 4 heteroatoms. The van der Waals surface area contributed by atoms with Gasteiger partial charge in [0.1, 0.15) is 0 Å². The van der Waals surface area contributed by atoms with E-state index in [1.807, 2.05) is 0 Å². The molecule has 4 nitrogen and oxygen atoms in total. The average Bonchev–Trinajstić information content (AvgIpc) is 2.84. The first-order chi connectivity index (χ1) is 11.7. The highest BCUT2D eigenvalue weighted by Crippen LogP contribution is 2.20. The third kappa shape index (κ3) is 7.10. The maximum atomic E-state index is 12.4. The van der Waals surface area contributed by atoms with E-state index in [1.54, 1.807) is 0 Å². The lowest BCUT2D eigenvalue weighted by Gasteiger charge is -2.32. The number of hydrogen-bond donors (Lipinski definition) is 1. The molecule has 2 aliphatic rings. The molecule has 24 heavy (non-hydrogen) atoms. The molecule has 2 unspecified atom stereocenters. The Morgan fingerprint density at radius 2 is 1.92 bits per heavy atom. The van der Waals surface area contributed by atoms with E-state index in [-0.39, 0.29) is 11.8 Å². The van der Waals surface area contributed by atoms with Crippen molar-refractivity contribution < 1.29 is 9.53 Å². The number of amides is 1. The van der Waals surface area contributed by atoms with Gasteiger partial charge in [0.2, 0.25) is 5.91 Å². The van der Waals surface area contributed by atoms with Gasteiger partial charge < -0.3 is 15.0 Å². The number of likely N-dealkylation sites (tertiary alicyclic amines) is 1. The number of hydrogen-bond acceptors (Lipinski definition) is 3. The Labute approximate surface area is 148 Å². The quantitative estimate of drug-likeness (QED) is 0.686. The minimum atomic E-state index is 0.163. The Morgan fingerprint density at radius 3 is 2.62 bits per heavy atom. The van der Waals surface area contributed by atoms with E-state index < -0.39 is 0 Å². The van der Waals surface area contributed by atoms with E-state index in [4.69, 9.17) is 4.74 Å². The molecule has 2 atom stereocenters. The fraction of sp³-hybridized carbons (Fsp3) is 0.950. The van der Waals surface area contributed by atoms with Crippen LogP contribution in [0.1, 0.15) is 78.1 Å². The minimum absolute atomic E-state index is 0.163. The first kappa shape index (κ1) is 19.7. The van der Waals surface area contributed by atoms with Crippen LogP contribution in [0.2, 0.25) is 0 Å². The first-order valence-corrected chi connectivity index (χ1v) is 10.3. The van der Waals surface area contributed by atoms with Gasteiger partial charge >= 0.3 is 0 Å². The molecule has 1 saturated carbocycles. The Hall–Kier alpha value is -0.610. The second-order valence-electron chi connectivity index (χ2n) is 7.82. The summed E-state index contributed by atoms with van der Waals surface area (Å²) in [5.41, 5.74) is 0. The summed E-state index contributed by atoms with van der Waals surface area (Å²) in [5.74, 6) is 0.418. The SMILES string of the molecule is CCCC(C)NC(=O)C1CCCN(CCOC2CCCCCC2)C1. The molecule has 1 heterocycles. The van der Waals surface area contributed by atoms with Crippen LogP contribution >= 0.6 is 0 Å². The van der Waals surface area contributed by atoms with Crippen molar-refractivity contribution >= 4 is 5.91 Å². The van der Waals surface area contributed by atoms with Gasteiger partial charge in [-0.05, 0) is 45.6 Å². The van der Waals surface area contributed by atoms with Gasteiger partial charge in [0.15, 0.2) is 0 Å². The van der Waals surface area contributed by atoms with E-state index in [1.165, 1.54) is 38.5 Å². The molecule has 1 saturated heterocycles. The van der Waals surface area contributed by atoms with Crippen LogP contribution in [0.5, 0.6) is 0 Å². The van der Waals surface area contributed by atoms with Crippen molar-refractivity contribution in [2.24, 2.45) is 5.92 Å². The minimum Gasteiger partial charge on any atom is -0.377 e. The number of rotatable bonds is 8. The van der Waals surface area contributed by atoms with Gasteiger partial charge in [-0.2, -0.15) is 0 Å². The second kappa shape index (κ2) is 11.1. The maximum absolute atomic E-state index is 12.4. The number of ether oxygens (including phenoxy) is 1. The molecule has 2 fully saturated rings. The first-order valence-electron chi connectivity index (χ1n) is 10.3. The summed E-state index contributed by atoms with van der Waals surface area (Å²) in [5, 5.41) is 3.19. The predicted octanol–water partition coefficient (Wildman–Crippen LogP) is 3.74. The number of nitrogens with zero attached hydrogens (tertiary/aromatic N) is 1. The zero-order valence-corrected chi connectivity index (χ0v) is 15.9. The Kier molecular flexibility index (Phi) is 9.11. The molecule has 2 rings (SSSR count). The molecule has 1 N–H and O–H groups in total. The zero-order valence-electron chi connectivity index (χ0n) is 15.9. The number of nitrogens with one attached hydrogen (secondary N) is 1. The molecule has 0 spiro atoms. The van der Waals surface area contributed by atoms with E-state index in [0.717, 1.165) is 51.9 Å². The van der Waals surface area contributed by atoms with Crippen LogP contribution in [0.3, 0.4) is 0 Å². The van der Waals surface area contributed by atoms with E-state index in [2.05, 4.69) is 24.1 Å². The van der Waals surface area contributed by atoms with Crippen LogP contribution in [-0.4, -0.2) is 49.2 Å². The highest BCUT2D eigenvalue weighted by atomic mass is 16.5. The molecule has 1 amide bonds. The van der Waals surface area contributed by atoms with Crippen molar-refractivity contribution in [1.82, 2.24) is 10.2 Å². The van der Waals surface area contributed by atoms with Crippen molar-refractivity contribution in [2.45, 2.75) is 90.2 Å². The summed E-state index contributed by atoms with van der Waals surface area (Å²) in [6.45, 7) is 8.10. The van der Waals surface area contributed by atoms with Gasteiger partial charge in [0.05, 0.1) is 18.6 Å². The smallest absolute Gasteiger partial charge is 0.224 e. The van der Waals surface area contributed by atoms with Crippen LogP contribution in [0.4, 0.5) is 0 Å². The van der Waals surface area contributed by atoms with Crippen LogP contribution in [0, 0.1) is 5.92 Å². The maximum Gasteiger partial charge on any atom is 0.224 e. The van der Waals surface area contributed by atoms with Crippen molar-refractivity contribution in [2.75, 3.05) is 26.2 Å². The predicted molar refractivity (Wildman–Crippen MR) is 99.1 cm³/mol. The third-order valence-electron chi connectivity index (χ3n) is 5.55. The molecular weight excluding hydrogens is 300 g/mol. The largest absolute Gasteiger partial charge is 0.377 e. The van der Waals surface area contributed by atoms with Crippen molar-refractivity contribution in [3.63, 3.8) is 0 Å². The Balaban J connectivity index is 1.65. The number of carbonyl (C=O) groups is 1. The highest BCUT2D eigenvalue weighted by molar-refractivity contribution is 5.79. The summed E-state index contributed by atoms with van der Waals surface area (Å²) in [6.07, 6.45) is 12.7.